The second kappa shape index (κ2) is 6.89. The summed E-state index contributed by atoms with van der Waals surface area (Å²) in [5.74, 6) is 0.855. The largest absolute Gasteiger partial charge is 0.497 e. The molecule has 4 nitrogen and oxygen atoms in total. The Labute approximate surface area is 115 Å². The number of aliphatic hydroxyl groups is 1. The molecule has 1 fully saturated rings. The molecule has 2 rings (SSSR count). The molecular weight excluding hydrogens is 240 g/mol. The summed E-state index contributed by atoms with van der Waals surface area (Å²) in [6, 6.07) is 8.79. The van der Waals surface area contributed by atoms with Gasteiger partial charge in [0.15, 0.2) is 0 Å². The molecule has 19 heavy (non-hydrogen) atoms. The zero-order chi connectivity index (χ0) is 13.7. The molecule has 0 heterocycles. The van der Waals surface area contributed by atoms with Gasteiger partial charge in [0.05, 0.1) is 13.7 Å². The number of methoxy groups -OCH3 is 1. The van der Waals surface area contributed by atoms with Crippen LogP contribution in [0.4, 0.5) is 0 Å². The van der Waals surface area contributed by atoms with Crippen LogP contribution >= 0.6 is 0 Å². The minimum absolute atomic E-state index is 0.160. The lowest BCUT2D eigenvalue weighted by atomic mass is 9.89. The first kappa shape index (κ1) is 14.3. The second-order valence-corrected chi connectivity index (χ2v) is 5.07. The van der Waals surface area contributed by atoms with Crippen molar-refractivity contribution in [3.63, 3.8) is 0 Å². The van der Waals surface area contributed by atoms with Crippen LogP contribution in [-0.4, -0.2) is 42.9 Å². The molecule has 0 saturated heterocycles. The third-order valence-electron chi connectivity index (χ3n) is 4.00. The van der Waals surface area contributed by atoms with Crippen molar-refractivity contribution in [1.82, 2.24) is 4.90 Å². The minimum Gasteiger partial charge on any atom is -0.497 e. The van der Waals surface area contributed by atoms with Crippen LogP contribution in [0, 0.1) is 0 Å². The van der Waals surface area contributed by atoms with Gasteiger partial charge in [-0.1, -0.05) is 18.6 Å². The lowest BCUT2D eigenvalue weighted by Gasteiger charge is -2.42. The number of benzene rings is 1. The zero-order valence-electron chi connectivity index (χ0n) is 11.6. The number of aliphatic hydroxyl groups excluding tert-OH is 1. The lowest BCUT2D eigenvalue weighted by molar-refractivity contribution is 0.0622. The van der Waals surface area contributed by atoms with Crippen LogP contribution in [-0.2, 0) is 0 Å². The summed E-state index contributed by atoms with van der Waals surface area (Å²) in [7, 11) is 1.67. The first-order chi connectivity index (χ1) is 9.30. The SMILES string of the molecule is COc1cccc(C(CN)N(CCO)C2CCC2)c1. The van der Waals surface area contributed by atoms with Crippen LogP contribution in [0.15, 0.2) is 24.3 Å². The van der Waals surface area contributed by atoms with Gasteiger partial charge in [-0.3, -0.25) is 4.90 Å². The van der Waals surface area contributed by atoms with Crippen LogP contribution in [0.3, 0.4) is 0 Å². The molecule has 0 spiro atoms. The average Bonchev–Trinajstić information content (AvgIpc) is 2.38. The highest BCUT2D eigenvalue weighted by molar-refractivity contribution is 5.31. The molecule has 0 aromatic heterocycles. The number of ether oxygens (including phenoxy) is 1. The zero-order valence-corrected chi connectivity index (χ0v) is 11.6. The fraction of sp³-hybridized carbons (Fsp3) is 0.600. The van der Waals surface area contributed by atoms with E-state index in [1.165, 1.54) is 24.8 Å². The molecular formula is C15H24N2O2. The van der Waals surface area contributed by atoms with Crippen molar-refractivity contribution in [2.75, 3.05) is 26.8 Å². The average molecular weight is 264 g/mol. The third-order valence-corrected chi connectivity index (χ3v) is 4.00. The summed E-state index contributed by atoms with van der Waals surface area (Å²) in [6.45, 7) is 1.42. The molecule has 1 aliphatic carbocycles. The van der Waals surface area contributed by atoms with Crippen LogP contribution < -0.4 is 10.5 Å². The van der Waals surface area contributed by atoms with Crippen molar-refractivity contribution < 1.29 is 9.84 Å². The summed E-state index contributed by atoms with van der Waals surface area (Å²) >= 11 is 0. The Bertz CT molecular complexity index is 393. The van der Waals surface area contributed by atoms with Gasteiger partial charge in [0, 0.05) is 25.2 Å². The van der Waals surface area contributed by atoms with Crippen molar-refractivity contribution in [3.05, 3.63) is 29.8 Å². The van der Waals surface area contributed by atoms with Crippen molar-refractivity contribution in [3.8, 4) is 5.75 Å². The number of hydrogen-bond acceptors (Lipinski definition) is 4. The molecule has 0 radical (unpaired) electrons. The quantitative estimate of drug-likeness (QED) is 0.784. The van der Waals surface area contributed by atoms with E-state index in [1.807, 2.05) is 18.2 Å². The summed E-state index contributed by atoms with van der Waals surface area (Å²) in [5, 5.41) is 9.29. The van der Waals surface area contributed by atoms with Gasteiger partial charge in [0.1, 0.15) is 5.75 Å². The molecule has 106 valence electrons. The Kier molecular flexibility index (Phi) is 5.19. The first-order valence-corrected chi connectivity index (χ1v) is 7.00. The molecule has 0 aliphatic heterocycles. The Hall–Kier alpha value is -1.10. The summed E-state index contributed by atoms with van der Waals surface area (Å²) in [5.41, 5.74) is 7.15. The predicted octanol–water partition coefficient (Wildman–Crippen LogP) is 1.54. The highest BCUT2D eigenvalue weighted by Gasteiger charge is 2.30. The maximum atomic E-state index is 9.29. The molecule has 1 aliphatic rings. The van der Waals surface area contributed by atoms with Crippen LogP contribution in [0.5, 0.6) is 5.75 Å². The summed E-state index contributed by atoms with van der Waals surface area (Å²) in [4.78, 5) is 2.35. The standard InChI is InChI=1S/C15H24N2O2/c1-19-14-7-2-4-12(10-14)15(11-16)17(8-9-18)13-5-3-6-13/h2,4,7,10,13,15,18H,3,5-6,8-9,11,16H2,1H3. The van der Waals surface area contributed by atoms with Gasteiger partial charge in [0.2, 0.25) is 0 Å². The Morgan fingerprint density at radius 1 is 1.47 bits per heavy atom. The highest BCUT2D eigenvalue weighted by Crippen LogP contribution is 2.32. The van der Waals surface area contributed by atoms with E-state index in [2.05, 4.69) is 11.0 Å². The van der Waals surface area contributed by atoms with E-state index in [9.17, 15) is 5.11 Å². The van der Waals surface area contributed by atoms with Crippen molar-refractivity contribution in [1.29, 1.82) is 0 Å². The first-order valence-electron chi connectivity index (χ1n) is 7.00. The number of hydrogen-bond donors (Lipinski definition) is 2. The van der Waals surface area contributed by atoms with E-state index < -0.39 is 0 Å². The Morgan fingerprint density at radius 3 is 2.79 bits per heavy atom. The van der Waals surface area contributed by atoms with Gasteiger partial charge in [0.25, 0.3) is 0 Å². The number of nitrogens with two attached hydrogens (primary N) is 1. The van der Waals surface area contributed by atoms with Crippen molar-refractivity contribution in [2.45, 2.75) is 31.3 Å². The van der Waals surface area contributed by atoms with Crippen molar-refractivity contribution >= 4 is 0 Å². The van der Waals surface area contributed by atoms with Gasteiger partial charge in [-0.15, -0.1) is 0 Å². The van der Waals surface area contributed by atoms with Crippen LogP contribution in [0.2, 0.25) is 0 Å². The monoisotopic (exact) mass is 264 g/mol. The minimum atomic E-state index is 0.160. The van der Waals surface area contributed by atoms with Crippen LogP contribution in [0.1, 0.15) is 30.9 Å². The Balaban J connectivity index is 2.19. The van der Waals surface area contributed by atoms with E-state index in [0.29, 0.717) is 19.1 Å². The Morgan fingerprint density at radius 2 is 2.26 bits per heavy atom. The molecule has 0 bridgehead atoms. The molecule has 1 saturated carbocycles. The topological polar surface area (TPSA) is 58.7 Å². The molecule has 1 aromatic carbocycles. The van der Waals surface area contributed by atoms with Gasteiger partial charge in [-0.2, -0.15) is 0 Å². The second-order valence-electron chi connectivity index (χ2n) is 5.07. The normalized spacial score (nSPS) is 17.3. The predicted molar refractivity (Wildman–Crippen MR) is 76.2 cm³/mol. The fourth-order valence-electron chi connectivity index (χ4n) is 2.74. The van der Waals surface area contributed by atoms with Crippen LogP contribution in [0.25, 0.3) is 0 Å². The molecule has 1 aromatic rings. The van der Waals surface area contributed by atoms with Gasteiger partial charge >= 0.3 is 0 Å². The summed E-state index contributed by atoms with van der Waals surface area (Å²) in [6.07, 6.45) is 3.70. The smallest absolute Gasteiger partial charge is 0.119 e. The molecule has 3 N–H and O–H groups in total. The van der Waals surface area contributed by atoms with Crippen molar-refractivity contribution in [2.24, 2.45) is 5.73 Å². The van der Waals surface area contributed by atoms with Gasteiger partial charge in [-0.25, -0.2) is 0 Å². The fourth-order valence-corrected chi connectivity index (χ4v) is 2.74. The van der Waals surface area contributed by atoms with E-state index in [4.69, 9.17) is 10.5 Å². The van der Waals surface area contributed by atoms with Gasteiger partial charge in [-0.05, 0) is 30.5 Å². The maximum Gasteiger partial charge on any atom is 0.119 e. The molecule has 1 unspecified atom stereocenters. The summed E-state index contributed by atoms with van der Waals surface area (Å²) < 4.78 is 5.28. The van der Waals surface area contributed by atoms with E-state index in [1.54, 1.807) is 7.11 Å². The molecule has 1 atom stereocenters. The molecule has 0 amide bonds. The number of rotatable bonds is 7. The highest BCUT2D eigenvalue weighted by atomic mass is 16.5. The third kappa shape index (κ3) is 3.26. The van der Waals surface area contributed by atoms with Gasteiger partial charge < -0.3 is 15.6 Å². The lowest BCUT2D eigenvalue weighted by Crippen LogP contribution is -2.46. The maximum absolute atomic E-state index is 9.29. The van der Waals surface area contributed by atoms with E-state index in [0.717, 1.165) is 5.75 Å². The van der Waals surface area contributed by atoms with E-state index >= 15 is 0 Å². The number of nitrogens with zero attached hydrogens (tertiary/aromatic N) is 1. The molecule has 4 heteroatoms. The van der Waals surface area contributed by atoms with E-state index in [-0.39, 0.29) is 12.6 Å².